The van der Waals surface area contributed by atoms with E-state index in [-0.39, 0.29) is 13.2 Å². The number of aromatic nitrogens is 1. The Morgan fingerprint density at radius 3 is 2.41 bits per heavy atom. The lowest BCUT2D eigenvalue weighted by Gasteiger charge is -2.12. The van der Waals surface area contributed by atoms with Crippen LogP contribution in [0.5, 0.6) is 17.2 Å². The molecule has 2 N–H and O–H groups in total. The highest BCUT2D eigenvalue weighted by atomic mass is 32.1. The van der Waals surface area contributed by atoms with Gasteiger partial charge in [0.25, 0.3) is 0 Å². The largest absolute Gasteiger partial charge is 0.513 e. The van der Waals surface area contributed by atoms with Crippen LogP contribution in [0.1, 0.15) is 29.2 Å². The molecule has 0 amide bonds. The molecule has 2 heterocycles. The maximum Gasteiger partial charge on any atom is 0.513 e. The Morgan fingerprint density at radius 2 is 1.71 bits per heavy atom. The predicted molar refractivity (Wildman–Crippen MR) is 133 cm³/mol. The molecule has 7 nitrogen and oxygen atoms in total. The molecule has 8 heteroatoms. The number of aryl methyl sites for hydroxylation is 2. The van der Waals surface area contributed by atoms with E-state index < -0.39 is 6.16 Å². The maximum absolute atomic E-state index is 11.7. The summed E-state index contributed by atoms with van der Waals surface area (Å²) in [6.45, 7) is 6.74. The van der Waals surface area contributed by atoms with Crippen LogP contribution in [0.4, 0.5) is 10.6 Å². The number of nitrogens with zero attached hydrogens (tertiary/aromatic N) is 1. The standard InChI is InChI=1S/C26H26N2O5S/c1-4-30-26(29)33-22-12-28-25(27)23-19(15-34-24(22)23)14-32-21-10-17(3)9-20(11-21)31-13-18-7-5-16(2)6-8-18/h5-12,15H,4,13-14H2,1-3H3,(H2,27,28). The van der Waals surface area contributed by atoms with E-state index in [0.29, 0.717) is 34.0 Å². The second-order valence-corrected chi connectivity index (χ2v) is 8.68. The maximum atomic E-state index is 11.7. The number of hydrogen-bond acceptors (Lipinski definition) is 8. The van der Waals surface area contributed by atoms with Gasteiger partial charge in [0, 0.05) is 17.0 Å². The summed E-state index contributed by atoms with van der Waals surface area (Å²) in [6.07, 6.45) is 0.646. The highest BCUT2D eigenvalue weighted by Crippen LogP contribution is 2.37. The third-order valence-electron chi connectivity index (χ3n) is 5.07. The molecule has 176 valence electrons. The summed E-state index contributed by atoms with van der Waals surface area (Å²) in [5.41, 5.74) is 10.3. The number of carbonyl (C=O) groups excluding carboxylic acids is 1. The Labute approximate surface area is 202 Å². The van der Waals surface area contributed by atoms with E-state index >= 15 is 0 Å². The number of nitrogens with two attached hydrogens (primary N) is 1. The van der Waals surface area contributed by atoms with E-state index in [4.69, 9.17) is 24.7 Å². The smallest absolute Gasteiger partial charge is 0.489 e. The van der Waals surface area contributed by atoms with Gasteiger partial charge < -0.3 is 24.7 Å². The van der Waals surface area contributed by atoms with Crippen LogP contribution in [0.25, 0.3) is 10.1 Å². The third kappa shape index (κ3) is 5.58. The summed E-state index contributed by atoms with van der Waals surface area (Å²) in [5.74, 6) is 2.07. The number of benzene rings is 2. The first-order valence-electron chi connectivity index (χ1n) is 10.8. The van der Waals surface area contributed by atoms with Crippen LogP contribution < -0.4 is 19.9 Å². The van der Waals surface area contributed by atoms with E-state index in [1.165, 1.54) is 23.1 Å². The number of pyridine rings is 1. The van der Waals surface area contributed by atoms with Crippen molar-refractivity contribution in [2.75, 3.05) is 12.3 Å². The lowest BCUT2D eigenvalue weighted by molar-refractivity contribution is 0.105. The molecule has 2 aromatic heterocycles. The van der Waals surface area contributed by atoms with Crippen molar-refractivity contribution in [1.29, 1.82) is 0 Å². The van der Waals surface area contributed by atoms with Crippen LogP contribution in [-0.2, 0) is 18.0 Å². The number of fused-ring (bicyclic) bond motifs is 1. The summed E-state index contributed by atoms with van der Waals surface area (Å²) >= 11 is 1.41. The molecule has 0 spiro atoms. The molecule has 0 aliphatic heterocycles. The van der Waals surface area contributed by atoms with Crippen LogP contribution in [0.15, 0.2) is 54.0 Å². The second kappa shape index (κ2) is 10.4. The van der Waals surface area contributed by atoms with Crippen molar-refractivity contribution >= 4 is 33.4 Å². The van der Waals surface area contributed by atoms with Gasteiger partial charge in [-0.15, -0.1) is 11.3 Å². The molecule has 0 atom stereocenters. The summed E-state index contributed by atoms with van der Waals surface area (Å²) < 4.78 is 22.9. The SMILES string of the molecule is CCOC(=O)Oc1cnc(N)c2c(COc3cc(C)cc(OCc4ccc(C)cc4)c3)csc12. The molecular formula is C26H26N2O5S. The van der Waals surface area contributed by atoms with Crippen molar-refractivity contribution < 1.29 is 23.7 Å². The fraction of sp³-hybridized carbons (Fsp3) is 0.231. The summed E-state index contributed by atoms with van der Waals surface area (Å²) in [6, 6.07) is 14.0. The van der Waals surface area contributed by atoms with Crippen LogP contribution in [0, 0.1) is 13.8 Å². The fourth-order valence-electron chi connectivity index (χ4n) is 3.42. The third-order valence-corrected chi connectivity index (χ3v) is 6.11. The number of hydrogen-bond donors (Lipinski definition) is 1. The lowest BCUT2D eigenvalue weighted by atomic mass is 10.2. The molecule has 0 unspecified atom stereocenters. The molecule has 34 heavy (non-hydrogen) atoms. The Morgan fingerprint density at radius 1 is 1.00 bits per heavy atom. The second-order valence-electron chi connectivity index (χ2n) is 7.80. The first-order valence-corrected chi connectivity index (χ1v) is 11.7. The molecule has 0 bridgehead atoms. The zero-order valence-corrected chi connectivity index (χ0v) is 20.1. The monoisotopic (exact) mass is 478 g/mol. The first-order chi connectivity index (χ1) is 16.4. The molecule has 4 rings (SSSR count). The lowest BCUT2D eigenvalue weighted by Crippen LogP contribution is -2.10. The highest BCUT2D eigenvalue weighted by Gasteiger charge is 2.17. The topological polar surface area (TPSA) is 92.9 Å². The van der Waals surface area contributed by atoms with Crippen LogP contribution in [0.3, 0.4) is 0 Å². The summed E-state index contributed by atoms with van der Waals surface area (Å²) in [5, 5.41) is 2.63. The minimum Gasteiger partial charge on any atom is -0.489 e. The zero-order chi connectivity index (χ0) is 24.1. The van der Waals surface area contributed by atoms with Gasteiger partial charge in [-0.3, -0.25) is 0 Å². The van der Waals surface area contributed by atoms with Crippen molar-refractivity contribution in [2.24, 2.45) is 0 Å². The van der Waals surface area contributed by atoms with E-state index in [2.05, 4.69) is 36.2 Å². The quantitative estimate of drug-likeness (QED) is 0.302. The normalized spacial score (nSPS) is 10.8. The molecule has 0 saturated heterocycles. The van der Waals surface area contributed by atoms with Crippen LogP contribution in [0.2, 0.25) is 0 Å². The van der Waals surface area contributed by atoms with Gasteiger partial charge in [-0.2, -0.15) is 0 Å². The summed E-state index contributed by atoms with van der Waals surface area (Å²) in [7, 11) is 0. The zero-order valence-electron chi connectivity index (χ0n) is 19.3. The van der Waals surface area contributed by atoms with E-state index in [1.54, 1.807) is 6.92 Å². The van der Waals surface area contributed by atoms with Gasteiger partial charge in [0.2, 0.25) is 0 Å². The van der Waals surface area contributed by atoms with Gasteiger partial charge in [-0.25, -0.2) is 9.78 Å². The Hall–Kier alpha value is -3.78. The number of carbonyl (C=O) groups is 1. The Balaban J connectivity index is 1.48. The van der Waals surface area contributed by atoms with Crippen molar-refractivity contribution in [1.82, 2.24) is 4.98 Å². The van der Waals surface area contributed by atoms with Gasteiger partial charge in [0.15, 0.2) is 5.75 Å². The van der Waals surface area contributed by atoms with Gasteiger partial charge in [0.1, 0.15) is 30.5 Å². The first kappa shape index (κ1) is 23.4. The number of ether oxygens (including phenoxy) is 4. The molecule has 2 aromatic carbocycles. The van der Waals surface area contributed by atoms with Crippen molar-refractivity contribution in [3.05, 3.63) is 76.3 Å². The number of nitrogen functional groups attached to an aromatic ring is 1. The minimum absolute atomic E-state index is 0.223. The summed E-state index contributed by atoms with van der Waals surface area (Å²) in [4.78, 5) is 15.9. The average molecular weight is 479 g/mol. The predicted octanol–water partition coefficient (Wildman–Crippen LogP) is 6.19. The van der Waals surface area contributed by atoms with Crippen molar-refractivity contribution in [3.63, 3.8) is 0 Å². The Bertz CT molecular complexity index is 1300. The van der Waals surface area contributed by atoms with E-state index in [0.717, 1.165) is 22.4 Å². The van der Waals surface area contributed by atoms with Gasteiger partial charge in [-0.05, 0) is 49.4 Å². The van der Waals surface area contributed by atoms with Gasteiger partial charge >= 0.3 is 6.16 Å². The fourth-order valence-corrected chi connectivity index (χ4v) is 4.43. The molecule has 0 aliphatic carbocycles. The molecular weight excluding hydrogens is 452 g/mol. The number of thiophene rings is 1. The molecule has 0 fully saturated rings. The molecule has 0 radical (unpaired) electrons. The van der Waals surface area contributed by atoms with Crippen LogP contribution >= 0.6 is 11.3 Å². The van der Waals surface area contributed by atoms with E-state index in [9.17, 15) is 4.79 Å². The molecule has 0 aliphatic rings. The molecule has 4 aromatic rings. The average Bonchev–Trinajstić information content (AvgIpc) is 3.24. The minimum atomic E-state index is -0.778. The van der Waals surface area contributed by atoms with Gasteiger partial charge in [0.05, 0.1) is 17.5 Å². The Kier molecular flexibility index (Phi) is 7.18. The van der Waals surface area contributed by atoms with Crippen LogP contribution in [-0.4, -0.2) is 17.7 Å². The van der Waals surface area contributed by atoms with Crippen molar-refractivity contribution in [3.8, 4) is 17.2 Å². The molecule has 0 saturated carbocycles. The number of rotatable bonds is 8. The highest BCUT2D eigenvalue weighted by molar-refractivity contribution is 7.17. The van der Waals surface area contributed by atoms with E-state index in [1.807, 2.05) is 30.5 Å². The number of anilines is 1. The van der Waals surface area contributed by atoms with Gasteiger partial charge in [-0.1, -0.05) is 29.8 Å². The van der Waals surface area contributed by atoms with Crippen molar-refractivity contribution in [2.45, 2.75) is 34.0 Å².